The zero-order valence-electron chi connectivity index (χ0n) is 21.5. The second-order valence-corrected chi connectivity index (χ2v) is 11.1. The van der Waals surface area contributed by atoms with Crippen molar-refractivity contribution in [2.75, 3.05) is 0 Å². The van der Waals surface area contributed by atoms with Crippen molar-refractivity contribution in [1.82, 2.24) is 0 Å². The van der Waals surface area contributed by atoms with Gasteiger partial charge in [0.05, 0.1) is 12.0 Å². The molecule has 184 valence electrons. The molecule has 0 heterocycles. The van der Waals surface area contributed by atoms with Gasteiger partial charge in [0.15, 0.2) is 0 Å². The molecule has 3 nitrogen and oxygen atoms in total. The van der Waals surface area contributed by atoms with Crippen LogP contribution in [0.25, 0.3) is 0 Å². The van der Waals surface area contributed by atoms with Gasteiger partial charge in [0, 0.05) is 5.92 Å². The third kappa shape index (κ3) is 10.8. The summed E-state index contributed by atoms with van der Waals surface area (Å²) in [5.41, 5.74) is 4.03. The van der Waals surface area contributed by atoms with E-state index in [1.165, 1.54) is 60.6 Å². The predicted molar refractivity (Wildman–Crippen MR) is 141 cm³/mol. The summed E-state index contributed by atoms with van der Waals surface area (Å²) in [4.78, 5) is 10.9. The van der Waals surface area contributed by atoms with Crippen LogP contribution in [0.5, 0.6) is 0 Å². The Bertz CT molecular complexity index is 676. The fourth-order valence-electron chi connectivity index (χ4n) is 4.45. The van der Waals surface area contributed by atoms with Crippen LogP contribution in [0, 0.1) is 23.7 Å². The van der Waals surface area contributed by atoms with Gasteiger partial charge in [0.2, 0.25) is 0 Å². The minimum Gasteiger partial charge on any atom is -0.481 e. The smallest absolute Gasteiger partial charge is 0.306 e. The minimum atomic E-state index is -0.695. The number of aliphatic hydroxyl groups is 1. The van der Waals surface area contributed by atoms with Crippen LogP contribution in [0.2, 0.25) is 0 Å². The Labute approximate surface area is 200 Å². The van der Waals surface area contributed by atoms with Crippen LogP contribution < -0.4 is 0 Å². The van der Waals surface area contributed by atoms with Crippen LogP contribution >= 0.6 is 9.24 Å². The van der Waals surface area contributed by atoms with Gasteiger partial charge >= 0.3 is 5.97 Å². The SMILES string of the molecule is CC1=C(P)C(CCC(C)CCCC(C)CCC/C(C)=C/CCC(C)C(=O)O)=CC(O)C1C. The Hall–Kier alpha value is -0.920. The minimum absolute atomic E-state index is 0.227. The van der Waals surface area contributed by atoms with Gasteiger partial charge < -0.3 is 10.2 Å². The van der Waals surface area contributed by atoms with Crippen molar-refractivity contribution in [2.45, 2.75) is 112 Å². The molecule has 2 N–H and O–H groups in total. The maximum absolute atomic E-state index is 10.9. The van der Waals surface area contributed by atoms with Crippen LogP contribution in [-0.4, -0.2) is 22.3 Å². The van der Waals surface area contributed by atoms with Gasteiger partial charge in [-0.05, 0) is 75.1 Å². The lowest BCUT2D eigenvalue weighted by atomic mass is 9.85. The molecule has 0 aromatic heterocycles. The molecule has 32 heavy (non-hydrogen) atoms. The average molecular weight is 465 g/mol. The van der Waals surface area contributed by atoms with E-state index in [1.807, 2.05) is 0 Å². The Kier molecular flexibility index (Phi) is 13.7. The molecule has 0 aromatic rings. The summed E-state index contributed by atoms with van der Waals surface area (Å²) >= 11 is 0. The Morgan fingerprint density at radius 1 is 1.09 bits per heavy atom. The molecule has 0 amide bonds. The summed E-state index contributed by atoms with van der Waals surface area (Å²) in [6.07, 6.45) is 15.3. The van der Waals surface area contributed by atoms with Crippen molar-refractivity contribution >= 4 is 15.2 Å². The van der Waals surface area contributed by atoms with Crippen molar-refractivity contribution in [3.05, 3.63) is 34.2 Å². The molecule has 0 aliphatic heterocycles. The first kappa shape index (κ1) is 29.1. The van der Waals surface area contributed by atoms with Crippen LogP contribution in [0.4, 0.5) is 0 Å². The number of hydrogen-bond acceptors (Lipinski definition) is 2. The number of hydrogen-bond donors (Lipinski definition) is 2. The molecule has 6 unspecified atom stereocenters. The zero-order chi connectivity index (χ0) is 24.3. The van der Waals surface area contributed by atoms with E-state index in [4.69, 9.17) is 5.11 Å². The highest BCUT2D eigenvalue weighted by Crippen LogP contribution is 2.36. The van der Waals surface area contributed by atoms with Gasteiger partial charge in [-0.1, -0.05) is 76.7 Å². The Morgan fingerprint density at radius 3 is 2.31 bits per heavy atom. The van der Waals surface area contributed by atoms with Crippen molar-refractivity contribution in [3.8, 4) is 0 Å². The highest BCUT2D eigenvalue weighted by Gasteiger charge is 2.23. The third-order valence-electron chi connectivity index (χ3n) is 7.42. The van der Waals surface area contributed by atoms with E-state index in [1.54, 1.807) is 6.92 Å². The van der Waals surface area contributed by atoms with Crippen molar-refractivity contribution in [2.24, 2.45) is 23.7 Å². The van der Waals surface area contributed by atoms with Gasteiger partial charge in [-0.15, -0.1) is 9.24 Å². The normalized spacial score (nSPS) is 22.5. The van der Waals surface area contributed by atoms with E-state index >= 15 is 0 Å². The van der Waals surface area contributed by atoms with E-state index in [2.05, 4.69) is 56.0 Å². The fraction of sp³-hybridized carbons (Fsp3) is 0.750. The molecule has 0 saturated heterocycles. The zero-order valence-corrected chi connectivity index (χ0v) is 22.6. The van der Waals surface area contributed by atoms with Crippen molar-refractivity contribution in [3.63, 3.8) is 0 Å². The molecule has 1 rings (SSSR count). The first-order valence-corrected chi connectivity index (χ1v) is 13.3. The summed E-state index contributed by atoms with van der Waals surface area (Å²) in [5.74, 6) is 0.768. The highest BCUT2D eigenvalue weighted by atomic mass is 31.0. The lowest BCUT2D eigenvalue weighted by Gasteiger charge is -2.27. The molecule has 6 atom stereocenters. The summed E-state index contributed by atoms with van der Waals surface area (Å²) < 4.78 is 0. The van der Waals surface area contributed by atoms with Crippen molar-refractivity contribution in [1.29, 1.82) is 0 Å². The number of aliphatic hydroxyl groups excluding tert-OH is 1. The number of aliphatic carboxylic acids is 1. The van der Waals surface area contributed by atoms with Crippen LogP contribution in [0.1, 0.15) is 106 Å². The summed E-state index contributed by atoms with van der Waals surface area (Å²) in [7, 11) is 2.89. The lowest BCUT2D eigenvalue weighted by Crippen LogP contribution is -2.21. The van der Waals surface area contributed by atoms with E-state index < -0.39 is 5.97 Å². The highest BCUT2D eigenvalue weighted by molar-refractivity contribution is 7.23. The van der Waals surface area contributed by atoms with Crippen molar-refractivity contribution < 1.29 is 15.0 Å². The fourth-order valence-corrected chi connectivity index (χ4v) is 4.96. The number of carboxylic acids is 1. The largest absolute Gasteiger partial charge is 0.481 e. The van der Waals surface area contributed by atoms with Gasteiger partial charge in [-0.2, -0.15) is 0 Å². The third-order valence-corrected chi connectivity index (χ3v) is 8.25. The van der Waals surface area contributed by atoms with Crippen LogP contribution in [-0.2, 0) is 4.79 Å². The summed E-state index contributed by atoms with van der Waals surface area (Å²) in [6.45, 7) is 12.9. The molecular formula is C28H49O3P. The van der Waals surface area contributed by atoms with Gasteiger partial charge in [-0.25, -0.2) is 0 Å². The number of carbonyl (C=O) groups is 1. The molecule has 0 aromatic carbocycles. The topological polar surface area (TPSA) is 57.5 Å². The molecule has 1 aliphatic rings. The van der Waals surface area contributed by atoms with E-state index in [9.17, 15) is 9.90 Å². The number of carboxylic acid groups (broad SMARTS) is 1. The van der Waals surface area contributed by atoms with Gasteiger partial charge in [0.25, 0.3) is 0 Å². The maximum Gasteiger partial charge on any atom is 0.306 e. The first-order valence-electron chi connectivity index (χ1n) is 12.8. The van der Waals surface area contributed by atoms with Gasteiger partial charge in [-0.3, -0.25) is 4.79 Å². The molecular weight excluding hydrogens is 415 g/mol. The van der Waals surface area contributed by atoms with Crippen LogP contribution in [0.15, 0.2) is 34.2 Å². The van der Waals surface area contributed by atoms with E-state index in [0.29, 0.717) is 0 Å². The average Bonchev–Trinajstić information content (AvgIpc) is 2.73. The standard InChI is InChI=1S/C28H49O3P/c1-19(10-7-11-20(2)14-9-15-22(4)28(30)31)12-8-13-21(3)16-17-25-18-26(29)23(5)24(6)27(25)32/h14,18-19,21-23,26,29H,7-13,15-17,32H2,1-6H3,(H,30,31)/b20-14+. The molecule has 0 bridgehead atoms. The summed E-state index contributed by atoms with van der Waals surface area (Å²) in [5, 5.41) is 20.5. The number of allylic oxidation sites excluding steroid dienone is 4. The predicted octanol–water partition coefficient (Wildman–Crippen LogP) is 7.91. The quantitative estimate of drug-likeness (QED) is 0.191. The van der Waals surface area contributed by atoms with E-state index in [0.717, 1.165) is 37.5 Å². The maximum atomic E-state index is 10.9. The molecule has 1 aliphatic carbocycles. The number of rotatable bonds is 15. The molecule has 4 heteroatoms. The Morgan fingerprint density at radius 2 is 1.69 bits per heavy atom. The van der Waals surface area contributed by atoms with Crippen LogP contribution in [0.3, 0.4) is 0 Å². The second-order valence-electron chi connectivity index (χ2n) is 10.5. The lowest BCUT2D eigenvalue weighted by molar-refractivity contribution is -0.141. The monoisotopic (exact) mass is 464 g/mol. The van der Waals surface area contributed by atoms with Gasteiger partial charge in [0.1, 0.15) is 0 Å². The molecule has 0 spiro atoms. The summed E-state index contributed by atoms with van der Waals surface area (Å²) in [6, 6.07) is 0. The molecule has 0 fully saturated rings. The Balaban J connectivity index is 2.19. The molecule has 0 saturated carbocycles. The molecule has 0 radical (unpaired) electrons. The van der Waals surface area contributed by atoms with E-state index in [-0.39, 0.29) is 17.9 Å². The first-order chi connectivity index (χ1) is 15.0. The second kappa shape index (κ2) is 15.1.